The molecule has 1 heterocycles. The Bertz CT molecular complexity index is 698. The van der Waals surface area contributed by atoms with Crippen molar-refractivity contribution in [3.63, 3.8) is 0 Å². The standard InChI is InChI=1S/C16H17N3O3S/c1-11(2)10-22-13-6-4-3-5-12(13)15(21)18-9-14(20)19-16-17-7-8-23-16/h3-8H,1,9-10H2,2H3,(H,18,21)(H,17,19,20). The van der Waals surface area contributed by atoms with E-state index in [1.54, 1.807) is 35.8 Å². The number of rotatable bonds is 7. The van der Waals surface area contributed by atoms with Crippen molar-refractivity contribution in [2.75, 3.05) is 18.5 Å². The van der Waals surface area contributed by atoms with Gasteiger partial charge in [0.15, 0.2) is 5.13 Å². The number of carbonyl (C=O) groups excluding carboxylic acids is 2. The fraction of sp³-hybridized carbons (Fsp3) is 0.188. The van der Waals surface area contributed by atoms with Crippen LogP contribution in [0.4, 0.5) is 5.13 Å². The largest absolute Gasteiger partial charge is 0.488 e. The molecule has 1 aromatic carbocycles. The zero-order chi connectivity index (χ0) is 16.7. The third-order valence-electron chi connectivity index (χ3n) is 2.69. The Hall–Kier alpha value is -2.67. The van der Waals surface area contributed by atoms with E-state index >= 15 is 0 Å². The monoisotopic (exact) mass is 331 g/mol. The van der Waals surface area contributed by atoms with Gasteiger partial charge in [0.25, 0.3) is 5.91 Å². The number of hydrogen-bond donors (Lipinski definition) is 2. The van der Waals surface area contributed by atoms with Crippen LogP contribution in [0.25, 0.3) is 0 Å². The van der Waals surface area contributed by atoms with E-state index in [0.29, 0.717) is 23.1 Å². The second kappa shape index (κ2) is 8.09. The fourth-order valence-electron chi connectivity index (χ4n) is 1.69. The zero-order valence-corrected chi connectivity index (χ0v) is 13.5. The number of nitrogens with zero attached hydrogens (tertiary/aromatic N) is 1. The van der Waals surface area contributed by atoms with Gasteiger partial charge in [-0.25, -0.2) is 4.98 Å². The molecule has 23 heavy (non-hydrogen) atoms. The molecular formula is C16H17N3O3S. The SMILES string of the molecule is C=C(C)COc1ccccc1C(=O)NCC(=O)Nc1nccs1. The minimum atomic E-state index is -0.378. The summed E-state index contributed by atoms with van der Waals surface area (Å²) in [6, 6.07) is 6.85. The predicted octanol–water partition coefficient (Wildman–Crippen LogP) is 2.47. The summed E-state index contributed by atoms with van der Waals surface area (Å²) < 4.78 is 5.54. The van der Waals surface area contributed by atoms with Crippen LogP contribution in [0.5, 0.6) is 5.75 Å². The summed E-state index contributed by atoms with van der Waals surface area (Å²) in [5.41, 5.74) is 1.22. The first kappa shape index (κ1) is 16.7. The van der Waals surface area contributed by atoms with E-state index in [1.807, 2.05) is 6.92 Å². The number of hydrogen-bond acceptors (Lipinski definition) is 5. The number of ether oxygens (including phenoxy) is 1. The molecular weight excluding hydrogens is 314 g/mol. The molecule has 2 N–H and O–H groups in total. The third kappa shape index (κ3) is 5.23. The van der Waals surface area contributed by atoms with Gasteiger partial charge in [-0.2, -0.15) is 0 Å². The molecule has 0 saturated heterocycles. The quantitative estimate of drug-likeness (QED) is 0.764. The lowest BCUT2D eigenvalue weighted by Crippen LogP contribution is -2.33. The molecule has 0 spiro atoms. The normalized spacial score (nSPS) is 9.96. The van der Waals surface area contributed by atoms with Crippen LogP contribution in [0.2, 0.25) is 0 Å². The van der Waals surface area contributed by atoms with E-state index in [-0.39, 0.29) is 18.4 Å². The maximum atomic E-state index is 12.2. The maximum Gasteiger partial charge on any atom is 0.255 e. The van der Waals surface area contributed by atoms with Crippen molar-refractivity contribution in [1.29, 1.82) is 0 Å². The van der Waals surface area contributed by atoms with Crippen LogP contribution in [0.15, 0.2) is 48.0 Å². The van der Waals surface area contributed by atoms with Crippen molar-refractivity contribution in [2.24, 2.45) is 0 Å². The number of thiazole rings is 1. The average Bonchev–Trinajstić information content (AvgIpc) is 3.03. The van der Waals surface area contributed by atoms with Gasteiger partial charge in [0.2, 0.25) is 5.91 Å². The number of aromatic nitrogens is 1. The number of nitrogens with one attached hydrogen (secondary N) is 2. The lowest BCUT2D eigenvalue weighted by atomic mass is 10.2. The first-order valence-electron chi connectivity index (χ1n) is 6.90. The molecule has 0 fully saturated rings. The van der Waals surface area contributed by atoms with Crippen molar-refractivity contribution in [3.8, 4) is 5.75 Å². The molecule has 0 unspecified atom stereocenters. The van der Waals surface area contributed by atoms with E-state index in [4.69, 9.17) is 4.74 Å². The van der Waals surface area contributed by atoms with Gasteiger partial charge >= 0.3 is 0 Å². The summed E-state index contributed by atoms with van der Waals surface area (Å²) >= 11 is 1.31. The highest BCUT2D eigenvalue weighted by Crippen LogP contribution is 2.18. The minimum Gasteiger partial charge on any atom is -0.488 e. The Balaban J connectivity index is 1.92. The van der Waals surface area contributed by atoms with E-state index in [2.05, 4.69) is 22.2 Å². The molecule has 120 valence electrons. The van der Waals surface area contributed by atoms with Gasteiger partial charge in [-0.1, -0.05) is 18.7 Å². The number of anilines is 1. The Morgan fingerprint density at radius 2 is 2.13 bits per heavy atom. The van der Waals surface area contributed by atoms with Crippen molar-refractivity contribution in [2.45, 2.75) is 6.92 Å². The molecule has 0 aliphatic rings. The van der Waals surface area contributed by atoms with Gasteiger partial charge in [-0.15, -0.1) is 11.3 Å². The molecule has 0 atom stereocenters. The molecule has 7 heteroatoms. The first-order chi connectivity index (χ1) is 11.1. The Kier molecular flexibility index (Phi) is 5.87. The van der Waals surface area contributed by atoms with Crippen molar-refractivity contribution < 1.29 is 14.3 Å². The molecule has 2 rings (SSSR count). The number of carbonyl (C=O) groups is 2. The van der Waals surface area contributed by atoms with Gasteiger partial charge < -0.3 is 15.4 Å². The molecule has 0 saturated carbocycles. The number of amides is 2. The summed E-state index contributed by atoms with van der Waals surface area (Å²) in [7, 11) is 0. The van der Waals surface area contributed by atoms with E-state index in [0.717, 1.165) is 5.57 Å². The second-order valence-corrected chi connectivity index (χ2v) is 5.70. The van der Waals surface area contributed by atoms with Crippen molar-refractivity contribution in [3.05, 3.63) is 53.6 Å². The highest BCUT2D eigenvalue weighted by atomic mass is 32.1. The van der Waals surface area contributed by atoms with Crippen LogP contribution < -0.4 is 15.4 Å². The number of para-hydroxylation sites is 1. The molecule has 0 bridgehead atoms. The molecule has 2 aromatic rings. The van der Waals surface area contributed by atoms with Gasteiger partial charge in [-0.3, -0.25) is 9.59 Å². The molecule has 0 aliphatic heterocycles. The summed E-state index contributed by atoms with van der Waals surface area (Å²) in [6.07, 6.45) is 1.59. The second-order valence-electron chi connectivity index (χ2n) is 4.81. The minimum absolute atomic E-state index is 0.146. The maximum absolute atomic E-state index is 12.2. The third-order valence-corrected chi connectivity index (χ3v) is 3.38. The summed E-state index contributed by atoms with van der Waals surface area (Å²) in [4.78, 5) is 27.9. The van der Waals surface area contributed by atoms with E-state index < -0.39 is 0 Å². The van der Waals surface area contributed by atoms with E-state index in [1.165, 1.54) is 11.3 Å². The van der Waals surface area contributed by atoms with Crippen LogP contribution >= 0.6 is 11.3 Å². The molecule has 1 aromatic heterocycles. The van der Waals surface area contributed by atoms with Crippen LogP contribution in [0.3, 0.4) is 0 Å². The molecule has 6 nitrogen and oxygen atoms in total. The van der Waals surface area contributed by atoms with Gasteiger partial charge in [-0.05, 0) is 24.6 Å². The first-order valence-corrected chi connectivity index (χ1v) is 7.78. The topological polar surface area (TPSA) is 80.3 Å². The van der Waals surface area contributed by atoms with Crippen LogP contribution in [-0.4, -0.2) is 29.9 Å². The van der Waals surface area contributed by atoms with Crippen LogP contribution in [0, 0.1) is 0 Å². The summed E-state index contributed by atoms with van der Waals surface area (Å²) in [6.45, 7) is 5.78. The lowest BCUT2D eigenvalue weighted by Gasteiger charge is -2.11. The zero-order valence-electron chi connectivity index (χ0n) is 12.7. The predicted molar refractivity (Wildman–Crippen MR) is 89.8 cm³/mol. The van der Waals surface area contributed by atoms with Gasteiger partial charge in [0.1, 0.15) is 12.4 Å². The number of benzene rings is 1. The van der Waals surface area contributed by atoms with Crippen molar-refractivity contribution >= 4 is 28.3 Å². The Labute approximate surface area is 138 Å². The highest BCUT2D eigenvalue weighted by Gasteiger charge is 2.13. The summed E-state index contributed by atoms with van der Waals surface area (Å²) in [5, 5.41) is 7.41. The molecule has 2 amide bonds. The lowest BCUT2D eigenvalue weighted by molar-refractivity contribution is -0.115. The Morgan fingerprint density at radius 3 is 2.83 bits per heavy atom. The fourth-order valence-corrected chi connectivity index (χ4v) is 2.23. The van der Waals surface area contributed by atoms with E-state index in [9.17, 15) is 9.59 Å². The average molecular weight is 331 g/mol. The smallest absolute Gasteiger partial charge is 0.255 e. The Morgan fingerprint density at radius 1 is 1.35 bits per heavy atom. The van der Waals surface area contributed by atoms with Crippen LogP contribution in [0.1, 0.15) is 17.3 Å². The van der Waals surface area contributed by atoms with Gasteiger partial charge in [0.05, 0.1) is 12.1 Å². The highest BCUT2D eigenvalue weighted by molar-refractivity contribution is 7.13. The molecule has 0 aliphatic carbocycles. The summed E-state index contributed by atoms with van der Waals surface area (Å²) in [5.74, 6) is -0.265. The van der Waals surface area contributed by atoms with Gasteiger partial charge in [0, 0.05) is 11.6 Å². The van der Waals surface area contributed by atoms with Crippen molar-refractivity contribution in [1.82, 2.24) is 10.3 Å². The molecule has 0 radical (unpaired) electrons. The van der Waals surface area contributed by atoms with Crippen LogP contribution in [-0.2, 0) is 4.79 Å².